The highest BCUT2D eigenvalue weighted by Gasteiger charge is 2.23. The van der Waals surface area contributed by atoms with E-state index in [0.29, 0.717) is 0 Å². The third-order valence-corrected chi connectivity index (χ3v) is 2.94. The Morgan fingerprint density at radius 1 is 1.50 bits per heavy atom. The number of nitrogens with zero attached hydrogens (tertiary/aromatic N) is 2. The number of rotatable bonds is 4. The Balaban J connectivity index is 2.90. The maximum atomic E-state index is 9.28. The van der Waals surface area contributed by atoms with Crippen LogP contribution in [-0.2, 0) is 0 Å². The molecule has 1 rings (SSSR count). The number of likely N-dealkylation sites (N-methyl/N-ethyl adjacent to an activating group) is 1. The maximum absolute atomic E-state index is 9.28. The maximum Gasteiger partial charge on any atom is 0.128 e. The normalized spacial score (nSPS) is 13.6. The van der Waals surface area contributed by atoms with Crippen molar-refractivity contribution in [3.05, 3.63) is 23.9 Å². The molecule has 0 aromatic carbocycles. The lowest BCUT2D eigenvalue weighted by atomic mass is 10.1. The van der Waals surface area contributed by atoms with E-state index in [1.54, 1.807) is 6.20 Å². The first-order valence-corrected chi connectivity index (χ1v) is 5.44. The van der Waals surface area contributed by atoms with Gasteiger partial charge in [-0.1, -0.05) is 6.07 Å². The highest BCUT2D eigenvalue weighted by atomic mass is 16.3. The van der Waals surface area contributed by atoms with Crippen molar-refractivity contribution in [3.63, 3.8) is 0 Å². The first kappa shape index (κ1) is 12.9. The van der Waals surface area contributed by atoms with Crippen LogP contribution in [0.3, 0.4) is 0 Å². The highest BCUT2D eigenvalue weighted by molar-refractivity contribution is 5.41. The molecule has 90 valence electrons. The van der Waals surface area contributed by atoms with Gasteiger partial charge in [0.1, 0.15) is 5.82 Å². The number of anilines is 1. The molecular weight excluding hydrogens is 202 g/mol. The van der Waals surface area contributed by atoms with Crippen molar-refractivity contribution in [2.75, 3.05) is 18.6 Å². The molecule has 1 aromatic rings. The lowest BCUT2D eigenvalue weighted by molar-refractivity contribution is 0.215. The summed E-state index contributed by atoms with van der Waals surface area (Å²) in [4.78, 5) is 6.31. The number of pyridine rings is 1. The van der Waals surface area contributed by atoms with Gasteiger partial charge < -0.3 is 15.7 Å². The molecule has 0 saturated heterocycles. The zero-order valence-corrected chi connectivity index (χ0v) is 10.4. The van der Waals surface area contributed by atoms with Crippen molar-refractivity contribution >= 4 is 5.82 Å². The number of aliphatic hydroxyl groups excluding tert-OH is 1. The number of aromatic nitrogens is 1. The average Bonchev–Trinajstić information content (AvgIpc) is 2.28. The number of nitrogens with two attached hydrogens (primary N) is 1. The van der Waals surface area contributed by atoms with Crippen LogP contribution in [0.25, 0.3) is 0 Å². The van der Waals surface area contributed by atoms with E-state index in [1.165, 1.54) is 0 Å². The second kappa shape index (κ2) is 4.80. The molecule has 1 heterocycles. The molecule has 1 atom stereocenters. The molecule has 1 aromatic heterocycles. The van der Waals surface area contributed by atoms with Crippen LogP contribution >= 0.6 is 0 Å². The minimum Gasteiger partial charge on any atom is -0.394 e. The fourth-order valence-corrected chi connectivity index (χ4v) is 1.28. The highest BCUT2D eigenvalue weighted by Crippen LogP contribution is 2.20. The third kappa shape index (κ3) is 2.71. The first-order valence-electron chi connectivity index (χ1n) is 5.44. The Hall–Kier alpha value is -1.13. The van der Waals surface area contributed by atoms with Crippen molar-refractivity contribution in [2.45, 2.75) is 32.4 Å². The molecule has 4 nitrogen and oxygen atoms in total. The zero-order valence-electron chi connectivity index (χ0n) is 10.4. The molecule has 0 radical (unpaired) electrons. The van der Waals surface area contributed by atoms with Gasteiger partial charge in [0.15, 0.2) is 0 Å². The molecule has 0 saturated carbocycles. The summed E-state index contributed by atoms with van der Waals surface area (Å²) in [5.74, 6) is 0.837. The van der Waals surface area contributed by atoms with Gasteiger partial charge in [0.05, 0.1) is 12.1 Å². The second-order valence-corrected chi connectivity index (χ2v) is 4.77. The van der Waals surface area contributed by atoms with Gasteiger partial charge in [-0.25, -0.2) is 4.98 Å². The number of hydrogen-bond acceptors (Lipinski definition) is 4. The molecule has 0 amide bonds. The molecule has 0 aliphatic rings. The second-order valence-electron chi connectivity index (χ2n) is 4.77. The quantitative estimate of drug-likeness (QED) is 0.808. The van der Waals surface area contributed by atoms with Crippen LogP contribution < -0.4 is 10.6 Å². The monoisotopic (exact) mass is 223 g/mol. The fourth-order valence-electron chi connectivity index (χ4n) is 1.28. The van der Waals surface area contributed by atoms with Crippen molar-refractivity contribution in [1.82, 2.24) is 4.98 Å². The van der Waals surface area contributed by atoms with E-state index < -0.39 is 0 Å². The topological polar surface area (TPSA) is 62.4 Å². The van der Waals surface area contributed by atoms with Gasteiger partial charge in [-0.15, -0.1) is 0 Å². The van der Waals surface area contributed by atoms with Gasteiger partial charge in [0, 0.05) is 19.3 Å². The molecule has 0 fully saturated rings. The van der Waals surface area contributed by atoms with E-state index in [1.807, 2.05) is 44.9 Å². The summed E-state index contributed by atoms with van der Waals surface area (Å²) in [6.45, 7) is 5.95. The first-order chi connectivity index (χ1) is 7.38. The zero-order chi connectivity index (χ0) is 12.3. The average molecular weight is 223 g/mol. The molecule has 0 aliphatic heterocycles. The van der Waals surface area contributed by atoms with Crippen LogP contribution in [-0.4, -0.2) is 29.3 Å². The predicted octanol–water partition coefficient (Wildman–Crippen LogP) is 1.31. The molecular formula is C12H21N3O. The van der Waals surface area contributed by atoms with Crippen molar-refractivity contribution in [2.24, 2.45) is 5.73 Å². The van der Waals surface area contributed by atoms with Crippen LogP contribution in [0.5, 0.6) is 0 Å². The summed E-state index contributed by atoms with van der Waals surface area (Å²) in [5, 5.41) is 9.28. The summed E-state index contributed by atoms with van der Waals surface area (Å²) in [5.41, 5.74) is 6.45. The van der Waals surface area contributed by atoms with Crippen LogP contribution in [0, 0.1) is 0 Å². The molecule has 0 bridgehead atoms. The van der Waals surface area contributed by atoms with Crippen molar-refractivity contribution in [1.29, 1.82) is 0 Å². The lowest BCUT2D eigenvalue weighted by Gasteiger charge is -2.34. The summed E-state index contributed by atoms with van der Waals surface area (Å²) in [6, 6.07) is 3.89. The van der Waals surface area contributed by atoms with Crippen molar-refractivity contribution in [3.8, 4) is 0 Å². The Bertz CT molecular complexity index is 333. The largest absolute Gasteiger partial charge is 0.394 e. The molecule has 0 spiro atoms. The van der Waals surface area contributed by atoms with E-state index in [9.17, 15) is 5.11 Å². The lowest BCUT2D eigenvalue weighted by Crippen LogP contribution is -2.44. The Labute approximate surface area is 97.1 Å². The van der Waals surface area contributed by atoms with Gasteiger partial charge in [-0.05, 0) is 32.4 Å². The van der Waals surface area contributed by atoms with Crippen LogP contribution in [0.2, 0.25) is 0 Å². The molecule has 16 heavy (non-hydrogen) atoms. The predicted molar refractivity (Wildman–Crippen MR) is 66.4 cm³/mol. The number of aliphatic hydroxyl groups is 1. The standard InChI is InChI=1S/C12H21N3O/c1-9(13)10-5-6-11(14-7-10)15(4)12(2,3)8-16/h5-7,9,16H,8,13H2,1-4H3. The summed E-state index contributed by atoms with van der Waals surface area (Å²) >= 11 is 0. The summed E-state index contributed by atoms with van der Waals surface area (Å²) in [6.07, 6.45) is 1.78. The SMILES string of the molecule is CC(N)c1ccc(N(C)C(C)(C)CO)nc1. The minimum atomic E-state index is -0.317. The van der Waals surface area contributed by atoms with E-state index in [0.717, 1.165) is 11.4 Å². The smallest absolute Gasteiger partial charge is 0.128 e. The Morgan fingerprint density at radius 3 is 2.50 bits per heavy atom. The third-order valence-electron chi connectivity index (χ3n) is 2.94. The van der Waals surface area contributed by atoms with Gasteiger partial charge in [-0.3, -0.25) is 0 Å². The van der Waals surface area contributed by atoms with Gasteiger partial charge >= 0.3 is 0 Å². The summed E-state index contributed by atoms with van der Waals surface area (Å²) in [7, 11) is 1.92. The van der Waals surface area contributed by atoms with Crippen LogP contribution in [0.15, 0.2) is 18.3 Å². The van der Waals surface area contributed by atoms with Gasteiger partial charge in [0.2, 0.25) is 0 Å². The van der Waals surface area contributed by atoms with Crippen LogP contribution in [0.1, 0.15) is 32.4 Å². The van der Waals surface area contributed by atoms with E-state index in [-0.39, 0.29) is 18.2 Å². The fraction of sp³-hybridized carbons (Fsp3) is 0.583. The number of hydrogen-bond donors (Lipinski definition) is 2. The Morgan fingerprint density at radius 2 is 2.12 bits per heavy atom. The molecule has 3 N–H and O–H groups in total. The summed E-state index contributed by atoms with van der Waals surface area (Å²) < 4.78 is 0. The molecule has 1 unspecified atom stereocenters. The van der Waals surface area contributed by atoms with Crippen LogP contribution in [0.4, 0.5) is 5.82 Å². The van der Waals surface area contributed by atoms with E-state index in [2.05, 4.69) is 4.98 Å². The Kier molecular flexibility index (Phi) is 3.88. The minimum absolute atomic E-state index is 0.00212. The molecule has 0 aliphatic carbocycles. The van der Waals surface area contributed by atoms with E-state index in [4.69, 9.17) is 5.73 Å². The van der Waals surface area contributed by atoms with E-state index >= 15 is 0 Å². The van der Waals surface area contributed by atoms with Crippen molar-refractivity contribution < 1.29 is 5.11 Å². The van der Waals surface area contributed by atoms with Gasteiger partial charge in [0.25, 0.3) is 0 Å². The molecule has 4 heteroatoms. The van der Waals surface area contributed by atoms with Gasteiger partial charge in [-0.2, -0.15) is 0 Å².